The van der Waals surface area contributed by atoms with Gasteiger partial charge in [-0.2, -0.15) is 0 Å². The number of carbonyl (C=O) groups is 1. The van der Waals surface area contributed by atoms with Crippen molar-refractivity contribution < 1.29 is 13.9 Å². The maximum atomic E-state index is 13.9. The Balaban J connectivity index is 1.62. The maximum Gasteiger partial charge on any atom is 0.230 e. The first-order chi connectivity index (χ1) is 13.5. The maximum absolute atomic E-state index is 13.9. The number of hydrogen-bond acceptors (Lipinski definition) is 3. The number of fused-ring (bicyclic) bond motifs is 1. The highest BCUT2D eigenvalue weighted by atomic mass is 35.5. The van der Waals surface area contributed by atoms with Gasteiger partial charge in [0, 0.05) is 22.8 Å². The van der Waals surface area contributed by atoms with Crippen LogP contribution >= 0.6 is 23.4 Å². The summed E-state index contributed by atoms with van der Waals surface area (Å²) in [5.41, 5.74) is 1.31. The van der Waals surface area contributed by atoms with Crippen LogP contribution in [0.5, 0.6) is 5.75 Å². The average Bonchev–Trinajstić information content (AvgIpc) is 2.69. The van der Waals surface area contributed by atoms with Crippen LogP contribution in [0.1, 0.15) is 50.3 Å². The Morgan fingerprint density at radius 1 is 1.29 bits per heavy atom. The molecular weight excluding hydrogens is 397 g/mol. The normalized spacial score (nSPS) is 17.5. The van der Waals surface area contributed by atoms with E-state index < -0.39 is 0 Å². The Labute approximate surface area is 175 Å². The van der Waals surface area contributed by atoms with E-state index >= 15 is 0 Å². The molecule has 0 saturated heterocycles. The van der Waals surface area contributed by atoms with Gasteiger partial charge in [-0.3, -0.25) is 4.79 Å². The molecule has 0 fully saturated rings. The Morgan fingerprint density at radius 2 is 2.04 bits per heavy atom. The number of amides is 1. The molecule has 1 aliphatic rings. The fourth-order valence-electron chi connectivity index (χ4n) is 3.56. The first kappa shape index (κ1) is 21.0. The molecule has 1 aliphatic heterocycles. The van der Waals surface area contributed by atoms with Crippen LogP contribution in [0.15, 0.2) is 42.5 Å². The zero-order chi connectivity index (χ0) is 20.1. The fraction of sp³-hybridized carbons (Fsp3) is 0.409. The molecule has 0 saturated carbocycles. The molecule has 0 aromatic heterocycles. The van der Waals surface area contributed by atoms with Gasteiger partial charge in [-0.05, 0) is 36.6 Å². The van der Waals surface area contributed by atoms with Crippen LogP contribution < -0.4 is 10.1 Å². The van der Waals surface area contributed by atoms with Crippen molar-refractivity contribution in [2.24, 2.45) is 0 Å². The molecule has 0 radical (unpaired) electrons. The first-order valence-corrected chi connectivity index (χ1v) is 11.1. The standard InChI is InChI=1S/C22H25ClFNO2S/c1-3-22(4-2)12-19(17-7-5-6-8-20(17)27-22)25-21(26)14-28-13-15-9-10-16(23)11-18(15)24/h5-11,19H,3-4,12-14H2,1-2H3,(H,25,26)/t19-/m0/s1. The summed E-state index contributed by atoms with van der Waals surface area (Å²) < 4.78 is 20.1. The minimum atomic E-state index is -0.338. The van der Waals surface area contributed by atoms with Gasteiger partial charge < -0.3 is 10.1 Å². The summed E-state index contributed by atoms with van der Waals surface area (Å²) in [7, 11) is 0. The molecular formula is C22H25ClFNO2S. The highest BCUT2D eigenvalue weighted by molar-refractivity contribution is 7.99. The van der Waals surface area contributed by atoms with Crippen molar-refractivity contribution in [3.8, 4) is 5.75 Å². The second-order valence-electron chi connectivity index (χ2n) is 7.08. The van der Waals surface area contributed by atoms with E-state index in [1.54, 1.807) is 12.1 Å². The molecule has 3 nitrogen and oxygen atoms in total. The molecule has 3 rings (SSSR count). The molecule has 1 amide bonds. The van der Waals surface area contributed by atoms with Crippen molar-refractivity contribution >= 4 is 29.3 Å². The summed E-state index contributed by atoms with van der Waals surface area (Å²) in [5.74, 6) is 1.15. The van der Waals surface area contributed by atoms with E-state index in [-0.39, 0.29) is 29.1 Å². The molecule has 0 aliphatic carbocycles. The second kappa shape index (κ2) is 9.19. The zero-order valence-corrected chi connectivity index (χ0v) is 17.7. The Kier molecular flexibility index (Phi) is 6.89. The first-order valence-electron chi connectivity index (χ1n) is 9.55. The molecule has 1 atom stereocenters. The molecule has 2 aromatic carbocycles. The number of benzene rings is 2. The minimum Gasteiger partial charge on any atom is -0.487 e. The molecule has 0 unspecified atom stereocenters. The van der Waals surface area contributed by atoms with E-state index in [2.05, 4.69) is 19.2 Å². The molecule has 6 heteroatoms. The third-order valence-corrected chi connectivity index (χ3v) is 6.54. The van der Waals surface area contributed by atoms with Crippen LogP contribution in [0.4, 0.5) is 4.39 Å². The van der Waals surface area contributed by atoms with Crippen LogP contribution in [0.25, 0.3) is 0 Å². The van der Waals surface area contributed by atoms with Crippen LogP contribution in [0.3, 0.4) is 0 Å². The van der Waals surface area contributed by atoms with Gasteiger partial charge in [0.25, 0.3) is 0 Å². The monoisotopic (exact) mass is 421 g/mol. The molecule has 1 N–H and O–H groups in total. The third-order valence-electron chi connectivity index (χ3n) is 5.33. The SMILES string of the molecule is CCC1(CC)C[C@H](NC(=O)CSCc2ccc(Cl)cc2F)c2ccccc2O1. The molecule has 150 valence electrons. The number of carbonyl (C=O) groups excluding carboxylic acids is 1. The highest BCUT2D eigenvalue weighted by Gasteiger charge is 2.38. The number of thioether (sulfide) groups is 1. The number of nitrogens with one attached hydrogen (secondary N) is 1. The molecule has 0 bridgehead atoms. The molecule has 0 spiro atoms. The van der Waals surface area contributed by atoms with E-state index in [0.29, 0.717) is 16.3 Å². The summed E-state index contributed by atoms with van der Waals surface area (Å²) in [6, 6.07) is 12.4. The van der Waals surface area contributed by atoms with E-state index in [1.807, 2.05) is 24.3 Å². The van der Waals surface area contributed by atoms with E-state index in [0.717, 1.165) is 30.6 Å². The molecule has 2 aromatic rings. The molecule has 1 heterocycles. The van der Waals surface area contributed by atoms with Crippen molar-refractivity contribution in [2.45, 2.75) is 50.5 Å². The predicted molar refractivity (Wildman–Crippen MR) is 113 cm³/mol. The largest absolute Gasteiger partial charge is 0.487 e. The third kappa shape index (κ3) is 4.81. The Bertz CT molecular complexity index is 841. The lowest BCUT2D eigenvalue weighted by Gasteiger charge is -2.41. The van der Waals surface area contributed by atoms with Gasteiger partial charge in [0.1, 0.15) is 17.2 Å². The van der Waals surface area contributed by atoms with Gasteiger partial charge in [-0.1, -0.05) is 49.7 Å². The van der Waals surface area contributed by atoms with Gasteiger partial charge in [-0.15, -0.1) is 11.8 Å². The van der Waals surface area contributed by atoms with E-state index in [1.165, 1.54) is 17.8 Å². The smallest absolute Gasteiger partial charge is 0.230 e. The lowest BCUT2D eigenvalue weighted by molar-refractivity contribution is -0.120. The van der Waals surface area contributed by atoms with E-state index in [4.69, 9.17) is 16.3 Å². The van der Waals surface area contributed by atoms with Crippen molar-refractivity contribution in [1.82, 2.24) is 5.32 Å². The molecule has 28 heavy (non-hydrogen) atoms. The minimum absolute atomic E-state index is 0.0535. The summed E-state index contributed by atoms with van der Waals surface area (Å²) in [4.78, 5) is 12.6. The van der Waals surface area contributed by atoms with Crippen molar-refractivity contribution in [2.75, 3.05) is 5.75 Å². The zero-order valence-electron chi connectivity index (χ0n) is 16.1. The van der Waals surface area contributed by atoms with Crippen molar-refractivity contribution in [3.05, 3.63) is 64.4 Å². The summed E-state index contributed by atoms with van der Waals surface area (Å²) in [6.45, 7) is 4.24. The van der Waals surface area contributed by atoms with Crippen LogP contribution in [0, 0.1) is 5.82 Å². The number of para-hydroxylation sites is 1. The lowest BCUT2D eigenvalue weighted by atomic mass is 9.83. The summed E-state index contributed by atoms with van der Waals surface area (Å²) in [5, 5.41) is 3.53. The predicted octanol–water partition coefficient (Wildman–Crippen LogP) is 5.91. The lowest BCUT2D eigenvalue weighted by Crippen LogP contribution is -2.44. The summed E-state index contributed by atoms with van der Waals surface area (Å²) in [6.07, 6.45) is 2.52. The van der Waals surface area contributed by atoms with Crippen LogP contribution in [0.2, 0.25) is 5.02 Å². The topological polar surface area (TPSA) is 38.3 Å². The fourth-order valence-corrected chi connectivity index (χ4v) is 4.54. The number of rotatable bonds is 7. The van der Waals surface area contributed by atoms with Crippen molar-refractivity contribution in [3.63, 3.8) is 0 Å². The van der Waals surface area contributed by atoms with Gasteiger partial charge >= 0.3 is 0 Å². The van der Waals surface area contributed by atoms with E-state index in [9.17, 15) is 9.18 Å². The second-order valence-corrected chi connectivity index (χ2v) is 8.50. The van der Waals surface area contributed by atoms with Gasteiger partial charge in [0.2, 0.25) is 5.91 Å². The Hall–Kier alpha value is -1.72. The van der Waals surface area contributed by atoms with Gasteiger partial charge in [0.15, 0.2) is 0 Å². The van der Waals surface area contributed by atoms with Crippen molar-refractivity contribution in [1.29, 1.82) is 0 Å². The van der Waals surface area contributed by atoms with Gasteiger partial charge in [-0.25, -0.2) is 4.39 Å². The Morgan fingerprint density at radius 3 is 2.75 bits per heavy atom. The van der Waals surface area contributed by atoms with Crippen LogP contribution in [-0.4, -0.2) is 17.3 Å². The number of halogens is 2. The average molecular weight is 422 g/mol. The highest BCUT2D eigenvalue weighted by Crippen LogP contribution is 2.42. The summed E-state index contributed by atoms with van der Waals surface area (Å²) >= 11 is 7.17. The van der Waals surface area contributed by atoms with Gasteiger partial charge in [0.05, 0.1) is 11.8 Å². The van der Waals surface area contributed by atoms with Crippen LogP contribution in [-0.2, 0) is 10.5 Å². The number of hydrogen-bond donors (Lipinski definition) is 1. The number of ether oxygens (including phenoxy) is 1. The quantitative estimate of drug-likeness (QED) is 0.603.